The monoisotopic (exact) mass is 370 g/mol. The number of hydrogen-bond acceptors (Lipinski definition) is 7. The number of nitrogens with two attached hydrogens (primary N) is 1. The van der Waals surface area contributed by atoms with Crippen molar-refractivity contribution in [1.82, 2.24) is 9.97 Å². The van der Waals surface area contributed by atoms with Crippen LogP contribution in [0.25, 0.3) is 0 Å². The summed E-state index contributed by atoms with van der Waals surface area (Å²) in [6.07, 6.45) is 0. The molecule has 1 heterocycles. The maximum Gasteiger partial charge on any atom is 0.353 e. The quantitative estimate of drug-likeness (QED) is 0.449. The molecule has 3 rings (SSSR count). The third-order valence-electron chi connectivity index (χ3n) is 3.49. The second-order valence-corrected chi connectivity index (χ2v) is 5.95. The highest BCUT2D eigenvalue weighted by molar-refractivity contribution is 6.30. The van der Waals surface area contributed by atoms with Crippen molar-refractivity contribution in [3.05, 3.63) is 69.2 Å². The lowest BCUT2D eigenvalue weighted by Gasteiger charge is -2.11. The van der Waals surface area contributed by atoms with Crippen LogP contribution in [-0.2, 0) is 0 Å². The Labute approximate surface area is 154 Å². The van der Waals surface area contributed by atoms with Crippen LogP contribution >= 0.6 is 11.6 Å². The minimum absolute atomic E-state index is 0.0284. The van der Waals surface area contributed by atoms with Crippen molar-refractivity contribution < 1.29 is 4.92 Å². The van der Waals surface area contributed by atoms with E-state index in [-0.39, 0.29) is 17.6 Å². The topological polar surface area (TPSA) is 119 Å². The molecule has 8 nitrogen and oxygen atoms in total. The number of rotatable bonds is 5. The molecule has 0 bridgehead atoms. The Balaban J connectivity index is 1.98. The summed E-state index contributed by atoms with van der Waals surface area (Å²) in [6.45, 7) is 1.97. The van der Waals surface area contributed by atoms with E-state index in [1.54, 1.807) is 24.3 Å². The number of anilines is 5. The number of aryl methyl sites for hydroxylation is 1. The molecule has 0 radical (unpaired) electrons. The van der Waals surface area contributed by atoms with Crippen molar-refractivity contribution in [2.45, 2.75) is 6.92 Å². The molecule has 26 heavy (non-hydrogen) atoms. The first-order valence-corrected chi connectivity index (χ1v) is 7.98. The zero-order valence-corrected chi connectivity index (χ0v) is 14.5. The van der Waals surface area contributed by atoms with Gasteiger partial charge in [-0.15, -0.1) is 0 Å². The van der Waals surface area contributed by atoms with Gasteiger partial charge in [0, 0.05) is 16.4 Å². The predicted octanol–water partition coefficient (Wildman–Crippen LogP) is 4.42. The van der Waals surface area contributed by atoms with Crippen molar-refractivity contribution in [1.29, 1.82) is 0 Å². The van der Waals surface area contributed by atoms with E-state index in [0.717, 1.165) is 11.3 Å². The Kier molecular flexibility index (Phi) is 4.85. The van der Waals surface area contributed by atoms with Crippen LogP contribution in [0.3, 0.4) is 0 Å². The Morgan fingerprint density at radius 3 is 2.46 bits per heavy atom. The zero-order chi connectivity index (χ0) is 18.7. The summed E-state index contributed by atoms with van der Waals surface area (Å²) in [4.78, 5) is 18.9. The molecule has 0 atom stereocenters. The summed E-state index contributed by atoms with van der Waals surface area (Å²) in [5, 5.41) is 17.7. The van der Waals surface area contributed by atoms with Crippen LogP contribution in [0.15, 0.2) is 48.5 Å². The summed E-state index contributed by atoms with van der Waals surface area (Å²) in [5.41, 5.74) is 7.76. The molecule has 132 valence electrons. The molecule has 0 aliphatic carbocycles. The van der Waals surface area contributed by atoms with Crippen LogP contribution in [0.2, 0.25) is 5.02 Å². The minimum atomic E-state index is -0.627. The largest absolute Gasteiger partial charge is 0.378 e. The first kappa shape index (κ1) is 17.4. The highest BCUT2D eigenvalue weighted by Crippen LogP contribution is 2.32. The maximum atomic E-state index is 11.4. The van der Waals surface area contributed by atoms with Gasteiger partial charge >= 0.3 is 5.69 Å². The number of nitrogen functional groups attached to an aromatic ring is 1. The van der Waals surface area contributed by atoms with Crippen LogP contribution in [0.1, 0.15) is 5.56 Å². The number of hydrogen-bond donors (Lipinski definition) is 3. The number of nitro groups is 1. The van der Waals surface area contributed by atoms with Crippen LogP contribution in [0.5, 0.6) is 0 Å². The second kappa shape index (κ2) is 7.24. The van der Waals surface area contributed by atoms with Crippen molar-refractivity contribution in [3.8, 4) is 0 Å². The van der Waals surface area contributed by atoms with E-state index in [2.05, 4.69) is 20.6 Å². The average molecular weight is 371 g/mol. The molecule has 0 amide bonds. The van der Waals surface area contributed by atoms with E-state index in [1.807, 2.05) is 31.2 Å². The number of nitrogens with one attached hydrogen (secondary N) is 2. The Hall–Kier alpha value is -3.39. The van der Waals surface area contributed by atoms with Gasteiger partial charge in [-0.3, -0.25) is 10.1 Å². The van der Waals surface area contributed by atoms with Crippen molar-refractivity contribution in [3.63, 3.8) is 0 Å². The lowest BCUT2D eigenvalue weighted by molar-refractivity contribution is -0.383. The molecular formula is C17H15ClN6O2. The molecule has 9 heteroatoms. The zero-order valence-electron chi connectivity index (χ0n) is 13.7. The predicted molar refractivity (Wildman–Crippen MR) is 102 cm³/mol. The standard InChI is InChI=1S/C17H15ClN6O2/c1-10-5-7-12(8-6-10)21-17-22-15(19)14(24(25)26)16(23-17)20-13-4-2-3-11(18)9-13/h2-9H,1H3,(H4,19,20,21,22,23). The van der Waals surface area contributed by atoms with Crippen LogP contribution in [0.4, 0.5) is 34.6 Å². The molecule has 1 aromatic heterocycles. The van der Waals surface area contributed by atoms with Gasteiger partial charge in [0.25, 0.3) is 0 Å². The minimum Gasteiger partial charge on any atom is -0.378 e. The Bertz CT molecular complexity index is 962. The van der Waals surface area contributed by atoms with Crippen molar-refractivity contribution in [2.24, 2.45) is 0 Å². The van der Waals surface area contributed by atoms with Gasteiger partial charge in [-0.1, -0.05) is 35.4 Å². The molecule has 0 spiro atoms. The van der Waals surface area contributed by atoms with Crippen LogP contribution in [0, 0.1) is 17.0 Å². The first-order chi connectivity index (χ1) is 12.4. The van der Waals surface area contributed by atoms with E-state index in [9.17, 15) is 10.1 Å². The van der Waals surface area contributed by atoms with E-state index < -0.39 is 10.6 Å². The summed E-state index contributed by atoms with van der Waals surface area (Å²) in [5.74, 6) is -0.134. The fourth-order valence-corrected chi connectivity index (χ4v) is 2.45. The highest BCUT2D eigenvalue weighted by atomic mass is 35.5. The van der Waals surface area contributed by atoms with Gasteiger partial charge in [0.2, 0.25) is 17.6 Å². The van der Waals surface area contributed by atoms with Crippen LogP contribution in [-0.4, -0.2) is 14.9 Å². The van der Waals surface area contributed by atoms with Gasteiger partial charge in [0.15, 0.2) is 0 Å². The molecule has 2 aromatic carbocycles. The third kappa shape index (κ3) is 3.98. The summed E-state index contributed by atoms with van der Waals surface area (Å²) in [7, 11) is 0. The normalized spacial score (nSPS) is 10.4. The number of halogens is 1. The summed E-state index contributed by atoms with van der Waals surface area (Å²) >= 11 is 5.95. The van der Waals surface area contributed by atoms with E-state index in [0.29, 0.717) is 10.7 Å². The molecule has 0 unspecified atom stereocenters. The molecule has 3 aromatic rings. The van der Waals surface area contributed by atoms with E-state index in [1.165, 1.54) is 0 Å². The van der Waals surface area contributed by atoms with Crippen molar-refractivity contribution in [2.75, 3.05) is 16.4 Å². The van der Waals surface area contributed by atoms with Gasteiger partial charge in [-0.2, -0.15) is 9.97 Å². The molecule has 0 aliphatic rings. The summed E-state index contributed by atoms with van der Waals surface area (Å²) in [6, 6.07) is 14.3. The maximum absolute atomic E-state index is 11.4. The van der Waals surface area contributed by atoms with Gasteiger partial charge in [-0.05, 0) is 37.3 Å². The summed E-state index contributed by atoms with van der Waals surface area (Å²) < 4.78 is 0. The average Bonchev–Trinajstić information content (AvgIpc) is 2.56. The number of benzene rings is 2. The van der Waals surface area contributed by atoms with Gasteiger partial charge in [0.05, 0.1) is 4.92 Å². The lowest BCUT2D eigenvalue weighted by Crippen LogP contribution is -2.08. The Morgan fingerprint density at radius 1 is 1.08 bits per heavy atom. The molecule has 0 aliphatic heterocycles. The highest BCUT2D eigenvalue weighted by Gasteiger charge is 2.23. The second-order valence-electron chi connectivity index (χ2n) is 5.51. The van der Waals surface area contributed by atoms with E-state index in [4.69, 9.17) is 17.3 Å². The molecule has 0 fully saturated rings. The van der Waals surface area contributed by atoms with Gasteiger partial charge < -0.3 is 16.4 Å². The van der Waals surface area contributed by atoms with Crippen molar-refractivity contribution >= 4 is 46.2 Å². The smallest absolute Gasteiger partial charge is 0.353 e. The lowest BCUT2D eigenvalue weighted by atomic mass is 10.2. The molecule has 4 N–H and O–H groups in total. The van der Waals surface area contributed by atoms with Gasteiger partial charge in [-0.25, -0.2) is 0 Å². The Morgan fingerprint density at radius 2 is 1.81 bits per heavy atom. The number of nitrogens with zero attached hydrogens (tertiary/aromatic N) is 3. The third-order valence-corrected chi connectivity index (χ3v) is 3.72. The SMILES string of the molecule is Cc1ccc(Nc2nc(N)c([N+](=O)[O-])c(Nc3cccc(Cl)c3)n2)cc1. The first-order valence-electron chi connectivity index (χ1n) is 7.60. The molecular weight excluding hydrogens is 356 g/mol. The van der Waals surface area contributed by atoms with Crippen LogP contribution < -0.4 is 16.4 Å². The fraction of sp³-hybridized carbons (Fsp3) is 0.0588. The van der Waals surface area contributed by atoms with Gasteiger partial charge in [0.1, 0.15) is 0 Å². The molecule has 0 saturated heterocycles. The fourth-order valence-electron chi connectivity index (χ4n) is 2.26. The molecule has 0 saturated carbocycles. The number of aromatic nitrogens is 2. The van der Waals surface area contributed by atoms with E-state index >= 15 is 0 Å².